The van der Waals surface area contributed by atoms with Crippen LogP contribution in [-0.4, -0.2) is 38.7 Å². The monoisotopic (exact) mass is 332 g/mol. The summed E-state index contributed by atoms with van der Waals surface area (Å²) in [5, 5.41) is 21.3. The van der Waals surface area contributed by atoms with E-state index in [0.29, 0.717) is 12.2 Å². The number of rotatable bonds is 7. The van der Waals surface area contributed by atoms with E-state index in [9.17, 15) is 19.5 Å². The van der Waals surface area contributed by atoms with Crippen LogP contribution in [0.4, 0.5) is 0 Å². The fourth-order valence-corrected chi connectivity index (χ4v) is 2.85. The number of carbonyl (C=O) groups is 3. The molecule has 0 aliphatic rings. The minimum absolute atomic E-state index is 0.165. The van der Waals surface area contributed by atoms with Gasteiger partial charge in [0.1, 0.15) is 11.7 Å². The van der Waals surface area contributed by atoms with Crippen molar-refractivity contribution < 1.29 is 24.6 Å². The molecule has 0 bridgehead atoms. The summed E-state index contributed by atoms with van der Waals surface area (Å²) in [5.41, 5.74) is 2.08. The lowest BCUT2D eigenvalue weighted by Gasteiger charge is -2.15. The minimum Gasteiger partial charge on any atom is -0.481 e. The molecule has 1 amide bonds. The first-order valence-electron chi connectivity index (χ1n) is 7.70. The molecule has 1 atom stereocenters. The summed E-state index contributed by atoms with van der Waals surface area (Å²) < 4.78 is 1.83. The summed E-state index contributed by atoms with van der Waals surface area (Å²) in [6.45, 7) is 4.28. The van der Waals surface area contributed by atoms with Crippen molar-refractivity contribution >= 4 is 28.7 Å². The molecule has 0 radical (unpaired) electrons. The number of carboxylic acids is 2. The van der Waals surface area contributed by atoms with Gasteiger partial charge in [0.05, 0.1) is 0 Å². The maximum atomic E-state index is 12.6. The van der Waals surface area contributed by atoms with Crippen LogP contribution in [0.5, 0.6) is 0 Å². The van der Waals surface area contributed by atoms with Crippen molar-refractivity contribution in [2.24, 2.45) is 0 Å². The predicted octanol–water partition coefficient (Wildman–Crippen LogP) is 2.02. The molecular weight excluding hydrogens is 312 g/mol. The van der Waals surface area contributed by atoms with Gasteiger partial charge < -0.3 is 20.1 Å². The number of aliphatic carboxylic acids is 2. The summed E-state index contributed by atoms with van der Waals surface area (Å²) in [7, 11) is 0. The second kappa shape index (κ2) is 7.16. The van der Waals surface area contributed by atoms with Gasteiger partial charge in [-0.15, -0.1) is 0 Å². The van der Waals surface area contributed by atoms with Crippen molar-refractivity contribution in [3.8, 4) is 0 Å². The molecular formula is C17H20N2O5. The van der Waals surface area contributed by atoms with Gasteiger partial charge in [-0.2, -0.15) is 0 Å². The molecule has 3 N–H and O–H groups in total. The molecule has 24 heavy (non-hydrogen) atoms. The van der Waals surface area contributed by atoms with Crippen LogP contribution in [0, 0.1) is 6.92 Å². The molecule has 128 valence electrons. The van der Waals surface area contributed by atoms with Crippen molar-refractivity contribution in [1.29, 1.82) is 0 Å². The number of hydrogen-bond donors (Lipinski definition) is 3. The Labute approximate surface area is 138 Å². The van der Waals surface area contributed by atoms with Gasteiger partial charge in [0, 0.05) is 23.9 Å². The van der Waals surface area contributed by atoms with Crippen LogP contribution in [0.1, 0.15) is 35.8 Å². The zero-order valence-corrected chi connectivity index (χ0v) is 13.6. The van der Waals surface area contributed by atoms with Gasteiger partial charge in [0.25, 0.3) is 5.91 Å². The maximum Gasteiger partial charge on any atom is 0.326 e. The topological polar surface area (TPSA) is 109 Å². The standard InChI is InChI=1S/C17H20N2O5/c1-3-19-13-7-5-4-6-11(13)10(2)15(19)16(22)18-12(17(23)24)8-9-14(20)21/h4-7,12H,3,8-9H2,1-2H3,(H,18,22)(H,20,21)(H,23,24). The molecule has 0 saturated carbocycles. The molecule has 1 unspecified atom stereocenters. The van der Waals surface area contributed by atoms with Gasteiger partial charge in [-0.3, -0.25) is 9.59 Å². The third-order valence-electron chi connectivity index (χ3n) is 4.01. The summed E-state index contributed by atoms with van der Waals surface area (Å²) >= 11 is 0. The summed E-state index contributed by atoms with van der Waals surface area (Å²) in [6, 6.07) is 6.33. The van der Waals surface area contributed by atoms with E-state index in [4.69, 9.17) is 5.11 Å². The van der Waals surface area contributed by atoms with E-state index in [0.717, 1.165) is 16.5 Å². The van der Waals surface area contributed by atoms with Gasteiger partial charge in [0.15, 0.2) is 0 Å². The zero-order chi connectivity index (χ0) is 17.9. The highest BCUT2D eigenvalue weighted by Gasteiger charge is 2.25. The number of hydrogen-bond acceptors (Lipinski definition) is 3. The van der Waals surface area contributed by atoms with Crippen LogP contribution >= 0.6 is 0 Å². The van der Waals surface area contributed by atoms with Crippen LogP contribution in [0.25, 0.3) is 10.9 Å². The Morgan fingerprint density at radius 2 is 1.88 bits per heavy atom. The molecule has 2 aromatic rings. The number of carboxylic acid groups (broad SMARTS) is 2. The number of carbonyl (C=O) groups excluding carboxylic acids is 1. The fourth-order valence-electron chi connectivity index (χ4n) is 2.85. The lowest BCUT2D eigenvalue weighted by atomic mass is 10.1. The number of aromatic nitrogens is 1. The van der Waals surface area contributed by atoms with Gasteiger partial charge in [-0.25, -0.2) is 4.79 Å². The van der Waals surface area contributed by atoms with E-state index >= 15 is 0 Å². The highest BCUT2D eigenvalue weighted by atomic mass is 16.4. The molecule has 7 nitrogen and oxygen atoms in total. The Kier molecular flexibility index (Phi) is 5.23. The third kappa shape index (κ3) is 3.40. The SMILES string of the molecule is CCn1c(C(=O)NC(CCC(=O)O)C(=O)O)c(C)c2ccccc21. The van der Waals surface area contributed by atoms with E-state index in [1.54, 1.807) is 0 Å². The second-order valence-electron chi connectivity index (χ2n) is 5.53. The quantitative estimate of drug-likeness (QED) is 0.719. The summed E-state index contributed by atoms with van der Waals surface area (Å²) in [6.07, 6.45) is -0.491. The largest absolute Gasteiger partial charge is 0.481 e. The van der Waals surface area contributed by atoms with E-state index in [2.05, 4.69) is 5.32 Å². The molecule has 0 aliphatic carbocycles. The Balaban J connectivity index is 2.35. The van der Waals surface area contributed by atoms with Crippen molar-refractivity contribution in [2.45, 2.75) is 39.3 Å². The highest BCUT2D eigenvalue weighted by molar-refractivity contribution is 6.02. The molecule has 2 rings (SSSR count). The predicted molar refractivity (Wildman–Crippen MR) is 88.1 cm³/mol. The van der Waals surface area contributed by atoms with E-state index < -0.39 is 23.9 Å². The molecule has 1 heterocycles. The van der Waals surface area contributed by atoms with Crippen molar-refractivity contribution in [3.05, 3.63) is 35.5 Å². The Hall–Kier alpha value is -2.83. The third-order valence-corrected chi connectivity index (χ3v) is 4.01. The first-order valence-corrected chi connectivity index (χ1v) is 7.70. The Morgan fingerprint density at radius 1 is 1.21 bits per heavy atom. The van der Waals surface area contributed by atoms with E-state index in [1.807, 2.05) is 42.7 Å². The summed E-state index contributed by atoms with van der Waals surface area (Å²) in [4.78, 5) is 34.6. The second-order valence-corrected chi connectivity index (χ2v) is 5.53. The van der Waals surface area contributed by atoms with Gasteiger partial charge >= 0.3 is 11.9 Å². The number of fused-ring (bicyclic) bond motifs is 1. The van der Waals surface area contributed by atoms with Gasteiger partial charge in [0.2, 0.25) is 0 Å². The Bertz CT molecular complexity index is 794. The number of para-hydroxylation sites is 1. The molecule has 0 aliphatic heterocycles. The van der Waals surface area contributed by atoms with Crippen LogP contribution in [0.2, 0.25) is 0 Å². The lowest BCUT2D eigenvalue weighted by molar-refractivity contribution is -0.140. The van der Waals surface area contributed by atoms with Crippen LogP contribution in [0.15, 0.2) is 24.3 Å². The normalized spacial score (nSPS) is 12.1. The molecule has 7 heteroatoms. The molecule has 0 fully saturated rings. The first-order chi connectivity index (χ1) is 11.4. The van der Waals surface area contributed by atoms with Gasteiger partial charge in [-0.05, 0) is 31.9 Å². The number of nitrogens with one attached hydrogen (secondary N) is 1. The van der Waals surface area contributed by atoms with Crippen molar-refractivity contribution in [1.82, 2.24) is 9.88 Å². The average Bonchev–Trinajstić information content (AvgIpc) is 2.83. The van der Waals surface area contributed by atoms with Crippen molar-refractivity contribution in [3.63, 3.8) is 0 Å². The van der Waals surface area contributed by atoms with E-state index in [-0.39, 0.29) is 12.8 Å². The lowest BCUT2D eigenvalue weighted by Crippen LogP contribution is -2.42. The smallest absolute Gasteiger partial charge is 0.326 e. The minimum atomic E-state index is -1.25. The van der Waals surface area contributed by atoms with Gasteiger partial charge in [-0.1, -0.05) is 18.2 Å². The average molecular weight is 332 g/mol. The number of benzene rings is 1. The van der Waals surface area contributed by atoms with Crippen LogP contribution in [-0.2, 0) is 16.1 Å². The van der Waals surface area contributed by atoms with Crippen molar-refractivity contribution in [2.75, 3.05) is 0 Å². The first kappa shape index (κ1) is 17.5. The summed E-state index contributed by atoms with van der Waals surface area (Å²) in [5.74, 6) is -2.86. The molecule has 1 aromatic heterocycles. The number of amides is 1. The maximum absolute atomic E-state index is 12.6. The molecule has 0 spiro atoms. The number of nitrogens with zero attached hydrogens (tertiary/aromatic N) is 1. The van der Waals surface area contributed by atoms with Crippen LogP contribution in [0.3, 0.4) is 0 Å². The molecule has 1 aromatic carbocycles. The highest BCUT2D eigenvalue weighted by Crippen LogP contribution is 2.25. The van der Waals surface area contributed by atoms with E-state index in [1.165, 1.54) is 0 Å². The molecule has 0 saturated heterocycles. The Morgan fingerprint density at radius 3 is 2.46 bits per heavy atom. The number of aryl methyl sites for hydroxylation is 2. The van der Waals surface area contributed by atoms with Crippen LogP contribution < -0.4 is 5.32 Å². The zero-order valence-electron chi connectivity index (χ0n) is 13.6. The fraction of sp³-hybridized carbons (Fsp3) is 0.353.